The van der Waals surface area contributed by atoms with Gasteiger partial charge in [0.25, 0.3) is 11.6 Å². The summed E-state index contributed by atoms with van der Waals surface area (Å²) in [5, 5.41) is 14.1. The lowest BCUT2D eigenvalue weighted by Gasteiger charge is -2.36. The fraction of sp³-hybridized carbons (Fsp3) is 0.190. The zero-order chi connectivity index (χ0) is 21.8. The monoisotopic (exact) mass is 438 g/mol. The van der Waals surface area contributed by atoms with E-state index in [-0.39, 0.29) is 22.1 Å². The summed E-state index contributed by atoms with van der Waals surface area (Å²) in [6.45, 7) is 3.20. The highest BCUT2D eigenvalue weighted by Crippen LogP contribution is 2.24. The first-order valence-electron chi connectivity index (χ1n) is 9.63. The molecule has 1 fully saturated rings. The van der Waals surface area contributed by atoms with Crippen molar-refractivity contribution in [3.8, 4) is 0 Å². The lowest BCUT2D eigenvalue weighted by atomic mass is 10.1. The Balaban J connectivity index is 1.45. The Kier molecular flexibility index (Phi) is 5.94. The molecule has 0 unspecified atom stereocenters. The molecule has 31 heavy (non-hydrogen) atoms. The van der Waals surface area contributed by atoms with Gasteiger partial charge in [-0.15, -0.1) is 0 Å². The second kappa shape index (κ2) is 8.97. The van der Waals surface area contributed by atoms with Gasteiger partial charge in [-0.1, -0.05) is 29.8 Å². The molecule has 4 rings (SSSR count). The number of nitro benzene ring substituents is 1. The molecular formula is C21H19ClN6O3. The molecule has 0 radical (unpaired) electrons. The molecular weight excluding hydrogens is 420 g/mol. The van der Waals surface area contributed by atoms with Crippen molar-refractivity contribution in [1.29, 1.82) is 0 Å². The summed E-state index contributed by atoms with van der Waals surface area (Å²) in [5.41, 5.74) is 0.725. The molecule has 0 spiro atoms. The number of anilines is 3. The van der Waals surface area contributed by atoms with Crippen LogP contribution >= 0.6 is 11.6 Å². The van der Waals surface area contributed by atoms with Crippen LogP contribution in [0.3, 0.4) is 0 Å². The third-order valence-corrected chi connectivity index (χ3v) is 5.25. The Morgan fingerprint density at radius 3 is 2.42 bits per heavy atom. The highest BCUT2D eigenvalue weighted by atomic mass is 35.5. The van der Waals surface area contributed by atoms with Crippen LogP contribution in [-0.4, -0.2) is 47.0 Å². The number of carbonyl (C=O) groups is 1. The average Bonchev–Trinajstić information content (AvgIpc) is 2.79. The van der Waals surface area contributed by atoms with Gasteiger partial charge in [0.1, 0.15) is 23.5 Å². The molecule has 3 aromatic rings. The van der Waals surface area contributed by atoms with E-state index in [2.05, 4.69) is 37.2 Å². The molecule has 0 atom stereocenters. The maximum atomic E-state index is 12.6. The lowest BCUT2D eigenvalue weighted by Crippen LogP contribution is -2.46. The SMILES string of the molecule is O=C(Nc1cc(N2CCN(c3ccccc3)CC2)ncn1)c1cc(Cl)ccc1[N+](=O)[O-]. The number of aromatic nitrogens is 2. The summed E-state index contributed by atoms with van der Waals surface area (Å²) < 4.78 is 0. The number of rotatable bonds is 5. The van der Waals surface area contributed by atoms with Crippen LogP contribution in [0.2, 0.25) is 5.02 Å². The largest absolute Gasteiger partial charge is 0.368 e. The number of carbonyl (C=O) groups excluding carboxylic acids is 1. The maximum Gasteiger partial charge on any atom is 0.282 e. The number of para-hydroxylation sites is 1. The summed E-state index contributed by atoms with van der Waals surface area (Å²) in [5.74, 6) is 0.279. The molecule has 1 aliphatic heterocycles. The predicted octanol–water partition coefficient (Wildman–Crippen LogP) is 3.62. The normalized spacial score (nSPS) is 13.7. The van der Waals surface area contributed by atoms with Crippen LogP contribution in [0.4, 0.5) is 23.0 Å². The van der Waals surface area contributed by atoms with Crippen molar-refractivity contribution >= 4 is 40.5 Å². The first kappa shape index (κ1) is 20.5. The maximum absolute atomic E-state index is 12.6. The molecule has 0 saturated carbocycles. The van der Waals surface area contributed by atoms with Gasteiger partial charge in [0.05, 0.1) is 4.92 Å². The Morgan fingerprint density at radius 1 is 1.00 bits per heavy atom. The first-order chi connectivity index (χ1) is 15.0. The number of nitrogens with zero attached hydrogens (tertiary/aromatic N) is 5. The van der Waals surface area contributed by atoms with E-state index in [0.29, 0.717) is 5.82 Å². The smallest absolute Gasteiger partial charge is 0.282 e. The Hall–Kier alpha value is -3.72. The standard InChI is InChI=1S/C21H19ClN6O3/c22-15-6-7-18(28(30)31)17(12-15)21(29)25-19-13-20(24-14-23-19)27-10-8-26(9-11-27)16-4-2-1-3-5-16/h1-7,12-14H,8-11H2,(H,23,24,25,29). The van der Waals surface area contributed by atoms with Gasteiger partial charge in [0.2, 0.25) is 0 Å². The number of benzene rings is 2. The summed E-state index contributed by atoms with van der Waals surface area (Å²) in [7, 11) is 0. The second-order valence-corrected chi connectivity index (χ2v) is 7.38. The Labute approximate surface area is 183 Å². The zero-order valence-corrected chi connectivity index (χ0v) is 17.2. The number of halogens is 1. The number of piperazine rings is 1. The Bertz CT molecular complexity index is 1100. The highest BCUT2D eigenvalue weighted by Gasteiger charge is 2.22. The number of hydrogen-bond donors (Lipinski definition) is 1. The quantitative estimate of drug-likeness (QED) is 0.479. The number of nitrogens with one attached hydrogen (secondary N) is 1. The molecule has 158 valence electrons. The van der Waals surface area contributed by atoms with E-state index in [1.165, 1.54) is 30.2 Å². The second-order valence-electron chi connectivity index (χ2n) is 6.94. The molecule has 9 nitrogen and oxygen atoms in total. The van der Waals surface area contributed by atoms with Crippen LogP contribution in [0.15, 0.2) is 60.9 Å². The fourth-order valence-electron chi connectivity index (χ4n) is 3.45. The number of nitro groups is 1. The molecule has 1 aliphatic rings. The number of hydrogen-bond acceptors (Lipinski definition) is 7. The first-order valence-corrected chi connectivity index (χ1v) is 10.0. The number of amides is 1. The van der Waals surface area contributed by atoms with Crippen molar-refractivity contribution in [2.24, 2.45) is 0 Å². The molecule has 0 aliphatic carbocycles. The molecule has 1 N–H and O–H groups in total. The van der Waals surface area contributed by atoms with Gasteiger partial charge in [0, 0.05) is 49.0 Å². The predicted molar refractivity (Wildman–Crippen MR) is 119 cm³/mol. The zero-order valence-electron chi connectivity index (χ0n) is 16.4. The topological polar surface area (TPSA) is 104 Å². The van der Waals surface area contributed by atoms with Crippen LogP contribution in [0, 0.1) is 10.1 Å². The van der Waals surface area contributed by atoms with Crippen molar-refractivity contribution in [3.63, 3.8) is 0 Å². The van der Waals surface area contributed by atoms with Gasteiger partial charge < -0.3 is 15.1 Å². The van der Waals surface area contributed by atoms with Crippen LogP contribution in [0.1, 0.15) is 10.4 Å². The third-order valence-electron chi connectivity index (χ3n) is 5.02. The van der Waals surface area contributed by atoms with E-state index in [1.54, 1.807) is 6.07 Å². The summed E-state index contributed by atoms with van der Waals surface area (Å²) in [6, 6.07) is 15.7. The fourth-order valence-corrected chi connectivity index (χ4v) is 3.63. The van der Waals surface area contributed by atoms with E-state index in [0.717, 1.165) is 26.2 Å². The molecule has 10 heteroatoms. The molecule has 0 bridgehead atoms. The van der Waals surface area contributed by atoms with Crippen molar-refractivity contribution in [2.45, 2.75) is 0 Å². The molecule has 1 amide bonds. The Morgan fingerprint density at radius 2 is 1.71 bits per heavy atom. The van der Waals surface area contributed by atoms with Gasteiger partial charge in [-0.3, -0.25) is 14.9 Å². The molecule has 2 aromatic carbocycles. The van der Waals surface area contributed by atoms with Crippen molar-refractivity contribution in [1.82, 2.24) is 9.97 Å². The average molecular weight is 439 g/mol. The van der Waals surface area contributed by atoms with Crippen molar-refractivity contribution in [3.05, 3.63) is 81.6 Å². The minimum Gasteiger partial charge on any atom is -0.368 e. The summed E-state index contributed by atoms with van der Waals surface area (Å²) >= 11 is 5.91. The van der Waals surface area contributed by atoms with E-state index >= 15 is 0 Å². The highest BCUT2D eigenvalue weighted by molar-refractivity contribution is 6.31. The van der Waals surface area contributed by atoms with E-state index in [4.69, 9.17) is 11.6 Å². The van der Waals surface area contributed by atoms with Gasteiger partial charge in [-0.2, -0.15) is 0 Å². The van der Waals surface area contributed by atoms with Crippen LogP contribution in [0.25, 0.3) is 0 Å². The van der Waals surface area contributed by atoms with Crippen LogP contribution in [-0.2, 0) is 0 Å². The summed E-state index contributed by atoms with van der Waals surface area (Å²) in [4.78, 5) is 36.0. The van der Waals surface area contributed by atoms with E-state index < -0.39 is 10.8 Å². The molecule has 1 aromatic heterocycles. The van der Waals surface area contributed by atoms with Gasteiger partial charge >= 0.3 is 0 Å². The van der Waals surface area contributed by atoms with Crippen LogP contribution < -0.4 is 15.1 Å². The van der Waals surface area contributed by atoms with Gasteiger partial charge in [-0.25, -0.2) is 9.97 Å². The van der Waals surface area contributed by atoms with E-state index in [1.807, 2.05) is 18.2 Å². The molecule has 2 heterocycles. The summed E-state index contributed by atoms with van der Waals surface area (Å²) in [6.07, 6.45) is 1.36. The minimum absolute atomic E-state index is 0.130. The van der Waals surface area contributed by atoms with Crippen molar-refractivity contribution < 1.29 is 9.72 Å². The van der Waals surface area contributed by atoms with Crippen LogP contribution in [0.5, 0.6) is 0 Å². The van der Waals surface area contributed by atoms with Crippen molar-refractivity contribution in [2.75, 3.05) is 41.3 Å². The minimum atomic E-state index is -0.659. The van der Waals surface area contributed by atoms with Gasteiger partial charge in [-0.05, 0) is 24.3 Å². The molecule has 1 saturated heterocycles. The van der Waals surface area contributed by atoms with E-state index in [9.17, 15) is 14.9 Å². The lowest BCUT2D eigenvalue weighted by molar-refractivity contribution is -0.385. The van der Waals surface area contributed by atoms with Gasteiger partial charge in [0.15, 0.2) is 0 Å². The third kappa shape index (κ3) is 4.72.